The fraction of sp³-hybridized carbons (Fsp3) is 0.429. The second-order valence-electron chi connectivity index (χ2n) is 2.43. The number of hydrogen-bond acceptors (Lipinski definition) is 4. The maximum absolute atomic E-state index is 10.3. The molecule has 5 heteroatoms. The molecule has 0 aliphatic rings. The zero-order valence-corrected chi connectivity index (χ0v) is 6.62. The second kappa shape index (κ2) is 4.50. The first-order chi connectivity index (χ1) is 5.79. The maximum Gasteiger partial charge on any atom is 0.218 e. The van der Waals surface area contributed by atoms with Crippen molar-refractivity contribution in [1.82, 2.24) is 10.5 Å². The van der Waals surface area contributed by atoms with Gasteiger partial charge in [-0.25, -0.2) is 0 Å². The van der Waals surface area contributed by atoms with Gasteiger partial charge in [0.1, 0.15) is 6.26 Å². The quantitative estimate of drug-likeness (QED) is 0.590. The van der Waals surface area contributed by atoms with Gasteiger partial charge in [0.25, 0.3) is 0 Å². The number of carbonyl (C=O) groups excluding carboxylic acids is 1. The standard InChI is InChI=1S/C7H11N3O2/c8-7(11)1-2-9-3-6-4-10-12-5-6/h4-5,9H,1-3H2,(H2,8,11). The van der Waals surface area contributed by atoms with Crippen LogP contribution in [0.3, 0.4) is 0 Å². The summed E-state index contributed by atoms with van der Waals surface area (Å²) in [7, 11) is 0. The van der Waals surface area contributed by atoms with Crippen molar-refractivity contribution in [2.45, 2.75) is 13.0 Å². The van der Waals surface area contributed by atoms with Gasteiger partial charge in [0.2, 0.25) is 5.91 Å². The largest absolute Gasteiger partial charge is 0.370 e. The van der Waals surface area contributed by atoms with Crippen LogP contribution in [0.4, 0.5) is 0 Å². The molecule has 0 spiro atoms. The molecule has 0 aliphatic carbocycles. The van der Waals surface area contributed by atoms with Crippen LogP contribution in [0.25, 0.3) is 0 Å². The van der Waals surface area contributed by atoms with Gasteiger partial charge in [-0.15, -0.1) is 0 Å². The molecule has 0 unspecified atom stereocenters. The monoisotopic (exact) mass is 169 g/mol. The molecule has 5 nitrogen and oxygen atoms in total. The number of aromatic nitrogens is 1. The zero-order valence-electron chi connectivity index (χ0n) is 6.62. The average Bonchev–Trinajstić information content (AvgIpc) is 2.49. The minimum absolute atomic E-state index is 0.298. The smallest absolute Gasteiger partial charge is 0.218 e. The molecule has 1 amide bonds. The molecule has 0 aliphatic heterocycles. The van der Waals surface area contributed by atoms with E-state index >= 15 is 0 Å². The van der Waals surface area contributed by atoms with E-state index in [-0.39, 0.29) is 5.91 Å². The van der Waals surface area contributed by atoms with Crippen molar-refractivity contribution >= 4 is 5.91 Å². The van der Waals surface area contributed by atoms with Crippen molar-refractivity contribution in [3.63, 3.8) is 0 Å². The maximum atomic E-state index is 10.3. The number of rotatable bonds is 5. The first kappa shape index (κ1) is 8.73. The van der Waals surface area contributed by atoms with Crippen LogP contribution in [0.2, 0.25) is 0 Å². The lowest BCUT2D eigenvalue weighted by atomic mass is 10.3. The van der Waals surface area contributed by atoms with Gasteiger partial charge in [-0.05, 0) is 0 Å². The lowest BCUT2D eigenvalue weighted by Gasteiger charge is -1.98. The molecule has 1 rings (SSSR count). The van der Waals surface area contributed by atoms with Gasteiger partial charge in [0.05, 0.1) is 6.20 Å². The predicted molar refractivity (Wildman–Crippen MR) is 42.0 cm³/mol. The fourth-order valence-corrected chi connectivity index (χ4v) is 0.758. The van der Waals surface area contributed by atoms with Crippen LogP contribution < -0.4 is 11.1 Å². The minimum Gasteiger partial charge on any atom is -0.370 e. The molecule has 1 aromatic heterocycles. The Bertz CT molecular complexity index is 233. The number of primary amides is 1. The molecule has 0 fully saturated rings. The van der Waals surface area contributed by atoms with Gasteiger partial charge in [-0.2, -0.15) is 0 Å². The van der Waals surface area contributed by atoms with E-state index in [9.17, 15) is 4.79 Å². The Kier molecular flexibility index (Phi) is 3.28. The number of nitrogens with one attached hydrogen (secondary N) is 1. The molecule has 12 heavy (non-hydrogen) atoms. The lowest BCUT2D eigenvalue weighted by Crippen LogP contribution is -2.21. The van der Waals surface area contributed by atoms with Gasteiger partial charge in [0.15, 0.2) is 0 Å². The molecule has 0 aromatic carbocycles. The zero-order chi connectivity index (χ0) is 8.81. The highest BCUT2D eigenvalue weighted by atomic mass is 16.5. The van der Waals surface area contributed by atoms with Crippen molar-refractivity contribution in [3.05, 3.63) is 18.0 Å². The third kappa shape index (κ3) is 3.16. The Hall–Kier alpha value is -1.36. The highest BCUT2D eigenvalue weighted by Gasteiger charge is 1.95. The van der Waals surface area contributed by atoms with Gasteiger partial charge in [-0.3, -0.25) is 4.79 Å². The number of nitrogens with zero attached hydrogens (tertiary/aromatic N) is 1. The average molecular weight is 169 g/mol. The summed E-state index contributed by atoms with van der Waals surface area (Å²) in [6.45, 7) is 1.23. The van der Waals surface area contributed by atoms with Crippen LogP contribution in [0, 0.1) is 0 Å². The predicted octanol–water partition coefficient (Wildman–Crippen LogP) is -0.360. The summed E-state index contributed by atoms with van der Waals surface area (Å²) >= 11 is 0. The summed E-state index contributed by atoms with van der Waals surface area (Å²) < 4.78 is 4.61. The van der Waals surface area contributed by atoms with E-state index < -0.39 is 0 Å². The van der Waals surface area contributed by atoms with Crippen LogP contribution >= 0.6 is 0 Å². The summed E-state index contributed by atoms with van der Waals surface area (Å²) in [4.78, 5) is 10.3. The molecule has 0 radical (unpaired) electrons. The first-order valence-corrected chi connectivity index (χ1v) is 3.66. The van der Waals surface area contributed by atoms with E-state index in [4.69, 9.17) is 5.73 Å². The van der Waals surface area contributed by atoms with Gasteiger partial charge in [-0.1, -0.05) is 5.16 Å². The van der Waals surface area contributed by atoms with Crippen molar-refractivity contribution < 1.29 is 9.32 Å². The normalized spacial score (nSPS) is 10.0. The van der Waals surface area contributed by atoms with E-state index in [1.54, 1.807) is 12.5 Å². The fourth-order valence-electron chi connectivity index (χ4n) is 0.758. The molecular formula is C7H11N3O2. The lowest BCUT2D eigenvalue weighted by molar-refractivity contribution is -0.117. The Morgan fingerprint density at radius 3 is 3.17 bits per heavy atom. The van der Waals surface area contributed by atoms with Crippen LogP contribution in [0.5, 0.6) is 0 Å². The molecule has 0 saturated carbocycles. The summed E-state index contributed by atoms with van der Waals surface area (Å²) in [5, 5.41) is 6.55. The highest BCUT2D eigenvalue weighted by molar-refractivity contribution is 5.73. The molecule has 0 bridgehead atoms. The Labute approximate surface area is 69.9 Å². The third-order valence-corrected chi connectivity index (χ3v) is 1.36. The van der Waals surface area contributed by atoms with Gasteiger partial charge >= 0.3 is 0 Å². The van der Waals surface area contributed by atoms with E-state index in [2.05, 4.69) is 15.0 Å². The van der Waals surface area contributed by atoms with Crippen LogP contribution in [0.1, 0.15) is 12.0 Å². The minimum atomic E-state index is -0.298. The van der Waals surface area contributed by atoms with Crippen LogP contribution in [-0.2, 0) is 11.3 Å². The number of amides is 1. The van der Waals surface area contributed by atoms with Crippen molar-refractivity contribution in [2.75, 3.05) is 6.54 Å². The Morgan fingerprint density at radius 1 is 1.75 bits per heavy atom. The van der Waals surface area contributed by atoms with E-state index in [0.717, 1.165) is 5.56 Å². The SMILES string of the molecule is NC(=O)CCNCc1cnoc1. The van der Waals surface area contributed by atoms with Gasteiger partial charge < -0.3 is 15.6 Å². The third-order valence-electron chi connectivity index (χ3n) is 1.36. The molecule has 1 aromatic rings. The Balaban J connectivity index is 2.07. The van der Waals surface area contributed by atoms with Gasteiger partial charge in [0, 0.05) is 25.1 Å². The van der Waals surface area contributed by atoms with E-state index in [1.807, 2.05) is 0 Å². The highest BCUT2D eigenvalue weighted by Crippen LogP contribution is 1.94. The second-order valence-corrected chi connectivity index (χ2v) is 2.43. The summed E-state index contributed by atoms with van der Waals surface area (Å²) in [5.74, 6) is -0.298. The van der Waals surface area contributed by atoms with E-state index in [0.29, 0.717) is 19.5 Å². The topological polar surface area (TPSA) is 81.2 Å². The van der Waals surface area contributed by atoms with E-state index in [1.165, 1.54) is 0 Å². The molecule has 3 N–H and O–H groups in total. The van der Waals surface area contributed by atoms with Crippen molar-refractivity contribution in [2.24, 2.45) is 5.73 Å². The Morgan fingerprint density at radius 2 is 2.58 bits per heavy atom. The number of nitrogens with two attached hydrogens (primary N) is 1. The molecular weight excluding hydrogens is 158 g/mol. The molecule has 66 valence electrons. The molecule has 0 saturated heterocycles. The van der Waals surface area contributed by atoms with Crippen LogP contribution in [-0.4, -0.2) is 17.6 Å². The summed E-state index contributed by atoms with van der Waals surface area (Å²) in [6, 6.07) is 0. The molecule has 1 heterocycles. The number of carbonyl (C=O) groups is 1. The van der Waals surface area contributed by atoms with Crippen molar-refractivity contribution in [3.8, 4) is 0 Å². The number of hydrogen-bond donors (Lipinski definition) is 2. The van der Waals surface area contributed by atoms with Crippen LogP contribution in [0.15, 0.2) is 17.0 Å². The summed E-state index contributed by atoms with van der Waals surface area (Å²) in [5.41, 5.74) is 5.90. The first-order valence-electron chi connectivity index (χ1n) is 3.66. The molecule has 0 atom stereocenters. The summed E-state index contributed by atoms with van der Waals surface area (Å²) in [6.07, 6.45) is 3.53. The van der Waals surface area contributed by atoms with Crippen molar-refractivity contribution in [1.29, 1.82) is 0 Å².